The molecule has 1 heterocycles. The summed E-state index contributed by atoms with van der Waals surface area (Å²) in [6, 6.07) is 7.71. The van der Waals surface area contributed by atoms with Crippen molar-refractivity contribution in [2.24, 2.45) is 0 Å². The van der Waals surface area contributed by atoms with E-state index in [1.54, 1.807) is 11.3 Å². The first-order valence-corrected chi connectivity index (χ1v) is 9.09. The van der Waals surface area contributed by atoms with Crippen LogP contribution >= 0.6 is 22.9 Å². The molecule has 1 aromatic heterocycles. The molecule has 0 saturated carbocycles. The highest BCUT2D eigenvalue weighted by atomic mass is 35.5. The van der Waals surface area contributed by atoms with E-state index < -0.39 is 0 Å². The molecule has 1 unspecified atom stereocenters. The lowest BCUT2D eigenvalue weighted by atomic mass is 10.0. The number of hydrogen-bond acceptors (Lipinski definition) is 4. The van der Waals surface area contributed by atoms with E-state index >= 15 is 0 Å². The van der Waals surface area contributed by atoms with Crippen LogP contribution in [0.4, 0.5) is 10.8 Å². The Kier molecular flexibility index (Phi) is 5.34. The van der Waals surface area contributed by atoms with Crippen molar-refractivity contribution in [2.75, 3.05) is 11.9 Å². The van der Waals surface area contributed by atoms with Crippen LogP contribution in [-0.2, 0) is 11.2 Å². The van der Waals surface area contributed by atoms with Gasteiger partial charge in [-0.2, -0.15) is 0 Å². The van der Waals surface area contributed by atoms with Crippen molar-refractivity contribution >= 4 is 33.8 Å². The van der Waals surface area contributed by atoms with Gasteiger partial charge >= 0.3 is 0 Å². The van der Waals surface area contributed by atoms with Crippen molar-refractivity contribution in [3.05, 3.63) is 39.9 Å². The number of ether oxygens (including phenoxy) is 1. The van der Waals surface area contributed by atoms with E-state index in [1.807, 2.05) is 24.3 Å². The lowest BCUT2D eigenvalue weighted by molar-refractivity contribution is 0.0412. The Morgan fingerprint density at radius 3 is 2.95 bits per heavy atom. The van der Waals surface area contributed by atoms with E-state index in [0.29, 0.717) is 0 Å². The van der Waals surface area contributed by atoms with E-state index in [9.17, 15) is 0 Å². The lowest BCUT2D eigenvalue weighted by Gasteiger charge is -2.21. The highest BCUT2D eigenvalue weighted by Crippen LogP contribution is 2.39. The number of aromatic nitrogens is 1. The third-order valence-electron chi connectivity index (χ3n) is 3.81. The van der Waals surface area contributed by atoms with E-state index in [1.165, 1.54) is 17.0 Å². The van der Waals surface area contributed by atoms with Crippen LogP contribution in [0, 0.1) is 0 Å². The number of anilines is 2. The van der Waals surface area contributed by atoms with Crippen LogP contribution in [-0.4, -0.2) is 11.6 Å². The first-order valence-electron chi connectivity index (χ1n) is 7.90. The van der Waals surface area contributed by atoms with Gasteiger partial charge in [0.2, 0.25) is 0 Å². The SMILES string of the molecule is CCCCOC1CCCc2nc(Nc3ccc(Cl)cc3)sc21. The fraction of sp³-hybridized carbons (Fsp3) is 0.471. The third kappa shape index (κ3) is 3.80. The van der Waals surface area contributed by atoms with Gasteiger partial charge in [0.25, 0.3) is 0 Å². The van der Waals surface area contributed by atoms with Crippen LogP contribution in [0.1, 0.15) is 49.3 Å². The number of rotatable bonds is 6. The molecule has 1 aliphatic rings. The fourth-order valence-corrected chi connectivity index (χ4v) is 3.86. The summed E-state index contributed by atoms with van der Waals surface area (Å²) in [5, 5.41) is 5.06. The van der Waals surface area contributed by atoms with Gasteiger partial charge in [-0.3, -0.25) is 0 Å². The Labute approximate surface area is 140 Å². The molecular weight excluding hydrogens is 316 g/mol. The Morgan fingerprint density at radius 2 is 2.18 bits per heavy atom. The van der Waals surface area contributed by atoms with Gasteiger partial charge in [-0.05, 0) is 49.9 Å². The van der Waals surface area contributed by atoms with Crippen molar-refractivity contribution in [3.63, 3.8) is 0 Å². The van der Waals surface area contributed by atoms with Gasteiger partial charge in [-0.25, -0.2) is 4.98 Å². The zero-order valence-electron chi connectivity index (χ0n) is 12.8. The predicted octanol–water partition coefficient (Wildman–Crippen LogP) is 5.73. The van der Waals surface area contributed by atoms with E-state index in [0.717, 1.165) is 48.1 Å². The van der Waals surface area contributed by atoms with E-state index in [2.05, 4.69) is 12.2 Å². The number of thiazole rings is 1. The van der Waals surface area contributed by atoms with Crippen LogP contribution in [0.2, 0.25) is 5.02 Å². The number of halogens is 1. The van der Waals surface area contributed by atoms with Gasteiger partial charge in [0.1, 0.15) is 0 Å². The number of unbranched alkanes of at least 4 members (excludes halogenated alkanes) is 1. The van der Waals surface area contributed by atoms with Gasteiger partial charge in [0.05, 0.1) is 16.7 Å². The molecule has 2 aromatic rings. The summed E-state index contributed by atoms with van der Waals surface area (Å²) in [6.45, 7) is 3.04. The van der Waals surface area contributed by atoms with Gasteiger partial charge in [-0.15, -0.1) is 0 Å². The molecule has 0 saturated heterocycles. The summed E-state index contributed by atoms with van der Waals surface area (Å²) in [6.07, 6.45) is 5.86. The van der Waals surface area contributed by atoms with Crippen LogP contribution in [0.15, 0.2) is 24.3 Å². The summed E-state index contributed by atoms with van der Waals surface area (Å²) in [5.74, 6) is 0. The molecule has 22 heavy (non-hydrogen) atoms. The lowest BCUT2D eigenvalue weighted by Crippen LogP contribution is -2.11. The molecule has 3 rings (SSSR count). The number of fused-ring (bicyclic) bond motifs is 1. The van der Waals surface area contributed by atoms with Crippen molar-refractivity contribution in [1.29, 1.82) is 0 Å². The molecule has 118 valence electrons. The van der Waals surface area contributed by atoms with Crippen LogP contribution < -0.4 is 5.32 Å². The normalized spacial score (nSPS) is 17.3. The highest BCUT2D eigenvalue weighted by Gasteiger charge is 2.25. The third-order valence-corrected chi connectivity index (χ3v) is 5.17. The highest BCUT2D eigenvalue weighted by molar-refractivity contribution is 7.15. The maximum Gasteiger partial charge on any atom is 0.187 e. The van der Waals surface area contributed by atoms with Crippen molar-refractivity contribution in [1.82, 2.24) is 4.98 Å². The predicted molar refractivity (Wildman–Crippen MR) is 93.4 cm³/mol. The van der Waals surface area contributed by atoms with Gasteiger partial charge in [-0.1, -0.05) is 36.3 Å². The Balaban J connectivity index is 1.71. The Morgan fingerprint density at radius 1 is 1.36 bits per heavy atom. The number of aryl methyl sites for hydroxylation is 1. The molecule has 1 atom stereocenters. The zero-order chi connectivity index (χ0) is 15.4. The van der Waals surface area contributed by atoms with Crippen LogP contribution in [0.3, 0.4) is 0 Å². The van der Waals surface area contributed by atoms with Crippen molar-refractivity contribution < 1.29 is 4.74 Å². The second-order valence-corrected chi connectivity index (χ2v) is 7.03. The largest absolute Gasteiger partial charge is 0.373 e. The molecule has 0 radical (unpaired) electrons. The summed E-state index contributed by atoms with van der Waals surface area (Å²) >= 11 is 7.64. The zero-order valence-corrected chi connectivity index (χ0v) is 14.3. The smallest absolute Gasteiger partial charge is 0.187 e. The standard InChI is InChI=1S/C17H21ClN2OS/c1-2-3-11-21-15-6-4-5-14-16(15)22-17(20-14)19-13-9-7-12(18)8-10-13/h7-10,15H,2-6,11H2,1H3,(H,19,20). The monoisotopic (exact) mass is 336 g/mol. The van der Waals surface area contributed by atoms with Crippen LogP contribution in [0.25, 0.3) is 0 Å². The molecule has 1 aromatic carbocycles. The van der Waals surface area contributed by atoms with E-state index in [-0.39, 0.29) is 6.10 Å². The topological polar surface area (TPSA) is 34.1 Å². The molecule has 1 N–H and O–H groups in total. The van der Waals surface area contributed by atoms with Crippen LogP contribution in [0.5, 0.6) is 0 Å². The minimum atomic E-state index is 0.230. The Hall–Kier alpha value is -1.10. The average Bonchev–Trinajstić information content (AvgIpc) is 2.93. The minimum absolute atomic E-state index is 0.230. The maximum atomic E-state index is 6.05. The first-order chi connectivity index (χ1) is 10.8. The van der Waals surface area contributed by atoms with Gasteiger partial charge < -0.3 is 10.1 Å². The molecule has 0 aliphatic heterocycles. The molecule has 0 bridgehead atoms. The first kappa shape index (κ1) is 15.8. The molecular formula is C17H21ClN2OS. The average molecular weight is 337 g/mol. The summed E-state index contributed by atoms with van der Waals surface area (Å²) < 4.78 is 6.05. The molecule has 0 spiro atoms. The van der Waals surface area contributed by atoms with E-state index in [4.69, 9.17) is 21.3 Å². The number of hydrogen-bond donors (Lipinski definition) is 1. The second kappa shape index (κ2) is 7.44. The fourth-order valence-electron chi connectivity index (χ4n) is 2.62. The summed E-state index contributed by atoms with van der Waals surface area (Å²) in [5.41, 5.74) is 2.22. The van der Waals surface area contributed by atoms with Crippen molar-refractivity contribution in [3.8, 4) is 0 Å². The second-order valence-electron chi connectivity index (χ2n) is 5.57. The quantitative estimate of drug-likeness (QED) is 0.683. The number of nitrogens with one attached hydrogen (secondary N) is 1. The molecule has 0 amide bonds. The molecule has 0 fully saturated rings. The number of nitrogens with zero attached hydrogens (tertiary/aromatic N) is 1. The number of benzene rings is 1. The molecule has 5 heteroatoms. The minimum Gasteiger partial charge on any atom is -0.373 e. The molecule has 1 aliphatic carbocycles. The maximum absolute atomic E-state index is 6.05. The van der Waals surface area contributed by atoms with Crippen molar-refractivity contribution in [2.45, 2.75) is 45.1 Å². The summed E-state index contributed by atoms with van der Waals surface area (Å²) in [4.78, 5) is 6.05. The molecule has 3 nitrogen and oxygen atoms in total. The van der Waals surface area contributed by atoms with Gasteiger partial charge in [0, 0.05) is 17.3 Å². The van der Waals surface area contributed by atoms with Gasteiger partial charge in [0.15, 0.2) is 5.13 Å². The Bertz CT molecular complexity index is 612. The summed E-state index contributed by atoms with van der Waals surface area (Å²) in [7, 11) is 0.